The van der Waals surface area contributed by atoms with Gasteiger partial charge in [-0.3, -0.25) is 9.59 Å². The number of hydrogen-bond donors (Lipinski definition) is 1. The van der Waals surface area contributed by atoms with Crippen LogP contribution in [0.25, 0.3) is 27.7 Å². The molecule has 33 heavy (non-hydrogen) atoms. The minimum absolute atomic E-state index is 0.164. The summed E-state index contributed by atoms with van der Waals surface area (Å²) in [5.41, 5.74) is 0.0585. The molecule has 0 atom stereocenters. The van der Waals surface area contributed by atoms with E-state index >= 15 is 0 Å². The van der Waals surface area contributed by atoms with E-state index < -0.39 is 28.6 Å². The Morgan fingerprint density at radius 2 is 1.67 bits per heavy atom. The first kappa shape index (κ1) is 21.0. The SMILES string of the molecule is O=C(O)C1(c2cccc(-c3nn(-c4ccc(F)cc4F)c(=O)c4ccccc34)c2)CCCC1. The van der Waals surface area contributed by atoms with E-state index in [1.54, 1.807) is 48.5 Å². The summed E-state index contributed by atoms with van der Waals surface area (Å²) in [6.45, 7) is 0. The van der Waals surface area contributed by atoms with Crippen LogP contribution in [0.15, 0.2) is 71.5 Å². The third-order valence-electron chi connectivity index (χ3n) is 6.50. The molecule has 1 aliphatic rings. The number of fused-ring (bicyclic) bond motifs is 1. The van der Waals surface area contributed by atoms with Gasteiger partial charge < -0.3 is 5.11 Å². The predicted molar refractivity (Wildman–Crippen MR) is 120 cm³/mol. The van der Waals surface area contributed by atoms with Crippen molar-refractivity contribution in [2.45, 2.75) is 31.1 Å². The second-order valence-corrected chi connectivity index (χ2v) is 8.38. The van der Waals surface area contributed by atoms with Gasteiger partial charge in [-0.05, 0) is 42.7 Å². The van der Waals surface area contributed by atoms with Crippen LogP contribution in [-0.4, -0.2) is 20.9 Å². The van der Waals surface area contributed by atoms with Gasteiger partial charge in [0.15, 0.2) is 5.82 Å². The van der Waals surface area contributed by atoms with Crippen LogP contribution in [0.1, 0.15) is 31.2 Å². The summed E-state index contributed by atoms with van der Waals surface area (Å²) in [7, 11) is 0. The van der Waals surface area contributed by atoms with Crippen molar-refractivity contribution in [2.24, 2.45) is 0 Å². The average Bonchev–Trinajstić information content (AvgIpc) is 3.32. The van der Waals surface area contributed by atoms with Crippen molar-refractivity contribution in [3.8, 4) is 16.9 Å². The Labute approximate surface area is 187 Å². The number of carboxylic acid groups (broad SMARTS) is 1. The molecule has 0 amide bonds. The summed E-state index contributed by atoms with van der Waals surface area (Å²) in [6, 6.07) is 17.0. The number of hydrogen-bond acceptors (Lipinski definition) is 3. The molecule has 0 radical (unpaired) electrons. The van der Waals surface area contributed by atoms with Crippen LogP contribution in [0.2, 0.25) is 0 Å². The maximum atomic E-state index is 14.6. The van der Waals surface area contributed by atoms with Crippen LogP contribution in [0.4, 0.5) is 8.78 Å². The number of carbonyl (C=O) groups is 1. The van der Waals surface area contributed by atoms with Crippen molar-refractivity contribution < 1.29 is 18.7 Å². The van der Waals surface area contributed by atoms with Gasteiger partial charge in [0.2, 0.25) is 0 Å². The molecule has 5 rings (SSSR count). The molecule has 4 aromatic rings. The number of carboxylic acids is 1. The Bertz CT molecular complexity index is 1460. The Kier molecular flexibility index (Phi) is 5.04. The van der Waals surface area contributed by atoms with Crippen LogP contribution in [0, 0.1) is 11.6 Å². The lowest BCUT2D eigenvalue weighted by molar-refractivity contribution is -0.143. The lowest BCUT2D eigenvalue weighted by Gasteiger charge is -2.25. The first-order valence-corrected chi connectivity index (χ1v) is 10.7. The highest BCUT2D eigenvalue weighted by Gasteiger charge is 2.43. The van der Waals surface area contributed by atoms with Crippen LogP contribution in [0.5, 0.6) is 0 Å². The highest BCUT2D eigenvalue weighted by molar-refractivity contribution is 5.94. The average molecular weight is 446 g/mol. The van der Waals surface area contributed by atoms with Crippen molar-refractivity contribution >= 4 is 16.7 Å². The minimum atomic E-state index is -0.955. The van der Waals surface area contributed by atoms with Gasteiger partial charge in [0.05, 0.1) is 16.5 Å². The van der Waals surface area contributed by atoms with Crippen LogP contribution in [-0.2, 0) is 10.2 Å². The summed E-state index contributed by atoms with van der Waals surface area (Å²) in [6.07, 6.45) is 2.79. The van der Waals surface area contributed by atoms with Crippen molar-refractivity contribution in [3.05, 3.63) is 94.3 Å². The molecule has 1 fully saturated rings. The lowest BCUT2D eigenvalue weighted by atomic mass is 9.78. The van der Waals surface area contributed by atoms with E-state index in [0.717, 1.165) is 23.6 Å². The number of benzene rings is 3. The Morgan fingerprint density at radius 1 is 0.939 bits per heavy atom. The smallest absolute Gasteiger partial charge is 0.314 e. The predicted octanol–water partition coefficient (Wildman–Crippen LogP) is 5.23. The van der Waals surface area contributed by atoms with Gasteiger partial charge in [-0.25, -0.2) is 8.78 Å². The lowest BCUT2D eigenvalue weighted by Crippen LogP contribution is -2.32. The topological polar surface area (TPSA) is 72.2 Å². The minimum Gasteiger partial charge on any atom is -0.481 e. The molecule has 1 aliphatic carbocycles. The van der Waals surface area contributed by atoms with Crippen molar-refractivity contribution in [1.29, 1.82) is 0 Å². The van der Waals surface area contributed by atoms with E-state index in [0.29, 0.717) is 46.5 Å². The molecular formula is C26H20F2N2O3. The van der Waals surface area contributed by atoms with Crippen molar-refractivity contribution in [1.82, 2.24) is 9.78 Å². The van der Waals surface area contributed by atoms with Gasteiger partial charge >= 0.3 is 5.97 Å². The summed E-state index contributed by atoms with van der Waals surface area (Å²) in [4.78, 5) is 25.3. The molecule has 1 N–H and O–H groups in total. The second kappa shape index (κ2) is 7.92. The standard InChI is InChI=1S/C26H20F2N2O3/c27-18-10-11-22(21(28)15-18)30-24(31)20-9-2-1-8-19(20)23(29-30)16-6-5-7-17(14-16)26(25(32)33)12-3-4-13-26/h1-2,5-11,14-15H,3-4,12-13H2,(H,32,33). The molecule has 166 valence electrons. The molecule has 1 aromatic heterocycles. The van der Waals surface area contributed by atoms with Gasteiger partial charge in [-0.2, -0.15) is 9.78 Å². The van der Waals surface area contributed by atoms with Gasteiger partial charge in [0.25, 0.3) is 5.56 Å². The number of aliphatic carboxylic acids is 1. The highest BCUT2D eigenvalue weighted by atomic mass is 19.1. The van der Waals surface area contributed by atoms with E-state index in [-0.39, 0.29) is 5.69 Å². The summed E-state index contributed by atoms with van der Waals surface area (Å²) in [5, 5.41) is 15.3. The largest absolute Gasteiger partial charge is 0.481 e. The van der Waals surface area contributed by atoms with Crippen LogP contribution >= 0.6 is 0 Å². The Hall–Kier alpha value is -3.87. The first-order valence-electron chi connectivity index (χ1n) is 10.7. The molecule has 1 heterocycles. The Morgan fingerprint density at radius 3 is 2.36 bits per heavy atom. The molecule has 5 nitrogen and oxygen atoms in total. The summed E-state index contributed by atoms with van der Waals surface area (Å²) < 4.78 is 28.9. The van der Waals surface area contributed by atoms with Crippen molar-refractivity contribution in [2.75, 3.05) is 0 Å². The van der Waals surface area contributed by atoms with Gasteiger partial charge in [0, 0.05) is 17.0 Å². The fourth-order valence-electron chi connectivity index (χ4n) is 4.79. The van der Waals surface area contributed by atoms with E-state index in [1.165, 1.54) is 6.07 Å². The fourth-order valence-corrected chi connectivity index (χ4v) is 4.79. The zero-order valence-electron chi connectivity index (χ0n) is 17.6. The zero-order valence-corrected chi connectivity index (χ0v) is 17.6. The summed E-state index contributed by atoms with van der Waals surface area (Å²) in [5.74, 6) is -2.52. The van der Waals surface area contributed by atoms with E-state index in [9.17, 15) is 23.5 Å². The molecule has 7 heteroatoms. The molecule has 0 bridgehead atoms. The first-order chi connectivity index (χ1) is 15.9. The monoisotopic (exact) mass is 446 g/mol. The molecule has 0 spiro atoms. The fraction of sp³-hybridized carbons (Fsp3) is 0.192. The maximum absolute atomic E-state index is 14.6. The van der Waals surface area contributed by atoms with Crippen LogP contribution < -0.4 is 5.56 Å². The highest BCUT2D eigenvalue weighted by Crippen LogP contribution is 2.42. The summed E-state index contributed by atoms with van der Waals surface area (Å²) >= 11 is 0. The molecule has 3 aromatic carbocycles. The third-order valence-corrected chi connectivity index (χ3v) is 6.50. The molecular weight excluding hydrogens is 426 g/mol. The number of nitrogens with zero attached hydrogens (tertiary/aromatic N) is 2. The van der Waals surface area contributed by atoms with Gasteiger partial charge in [-0.15, -0.1) is 0 Å². The van der Waals surface area contributed by atoms with E-state index in [4.69, 9.17) is 0 Å². The van der Waals surface area contributed by atoms with Gasteiger partial charge in [-0.1, -0.05) is 49.2 Å². The number of rotatable bonds is 4. The number of halogens is 2. The van der Waals surface area contributed by atoms with E-state index in [2.05, 4.69) is 5.10 Å². The third kappa shape index (κ3) is 3.40. The van der Waals surface area contributed by atoms with Gasteiger partial charge in [0.1, 0.15) is 11.5 Å². The maximum Gasteiger partial charge on any atom is 0.314 e. The normalized spacial score (nSPS) is 15.1. The zero-order chi connectivity index (χ0) is 23.2. The molecule has 1 saturated carbocycles. The molecule has 0 unspecified atom stereocenters. The second-order valence-electron chi connectivity index (χ2n) is 8.38. The molecule has 0 saturated heterocycles. The van der Waals surface area contributed by atoms with Crippen LogP contribution in [0.3, 0.4) is 0 Å². The quantitative estimate of drug-likeness (QED) is 0.466. The van der Waals surface area contributed by atoms with Crippen molar-refractivity contribution in [3.63, 3.8) is 0 Å². The Balaban J connectivity index is 1.77. The molecule has 0 aliphatic heterocycles. The van der Waals surface area contributed by atoms with E-state index in [1.807, 2.05) is 0 Å². The number of aromatic nitrogens is 2.